The molecule has 1 aliphatic rings. The van der Waals surface area contributed by atoms with Crippen LogP contribution in [0.3, 0.4) is 0 Å². The van der Waals surface area contributed by atoms with Crippen LogP contribution in [0.15, 0.2) is 42.5 Å². The van der Waals surface area contributed by atoms with Crippen molar-refractivity contribution in [2.75, 3.05) is 16.8 Å². The number of amides is 3. The van der Waals surface area contributed by atoms with E-state index in [1.807, 2.05) is 0 Å². The van der Waals surface area contributed by atoms with Crippen LogP contribution in [0.4, 0.5) is 15.8 Å². The summed E-state index contributed by atoms with van der Waals surface area (Å²) in [5, 5.41) is 5.06. The Morgan fingerprint density at radius 2 is 1.81 bits per heavy atom. The molecule has 0 saturated carbocycles. The Kier molecular flexibility index (Phi) is 5.49. The highest BCUT2D eigenvalue weighted by atomic mass is 19.1. The van der Waals surface area contributed by atoms with Crippen LogP contribution in [0.5, 0.6) is 0 Å². The summed E-state index contributed by atoms with van der Waals surface area (Å²) in [5.41, 5.74) is 2.99. The molecule has 0 unspecified atom stereocenters. The van der Waals surface area contributed by atoms with Crippen LogP contribution in [0.2, 0.25) is 0 Å². The van der Waals surface area contributed by atoms with Crippen molar-refractivity contribution >= 4 is 29.1 Å². The molecule has 0 fully saturated rings. The summed E-state index contributed by atoms with van der Waals surface area (Å²) in [6, 6.07) is 10.9. The normalized spacial score (nSPS) is 12.9. The van der Waals surface area contributed by atoms with Crippen LogP contribution in [-0.4, -0.2) is 24.3 Å². The number of rotatable bonds is 3. The molecule has 0 saturated heterocycles. The lowest BCUT2D eigenvalue weighted by Crippen LogP contribution is -2.35. The van der Waals surface area contributed by atoms with E-state index in [9.17, 15) is 18.8 Å². The first-order chi connectivity index (χ1) is 12.9. The maximum Gasteiger partial charge on any atom is 0.313 e. The largest absolute Gasteiger partial charge is 0.344 e. The predicted octanol–water partition coefficient (Wildman–Crippen LogP) is 2.38. The Morgan fingerprint density at radius 3 is 2.52 bits per heavy atom. The minimum atomic E-state index is -0.781. The number of carbonyl (C=O) groups is 3. The second-order valence-electron chi connectivity index (χ2n) is 6.38. The molecule has 6 nitrogen and oxygen atoms in total. The summed E-state index contributed by atoms with van der Waals surface area (Å²) >= 11 is 0. The van der Waals surface area contributed by atoms with E-state index in [0.717, 1.165) is 24.1 Å². The smallest absolute Gasteiger partial charge is 0.313 e. The van der Waals surface area contributed by atoms with Crippen molar-refractivity contribution in [3.05, 3.63) is 59.4 Å². The highest BCUT2D eigenvalue weighted by Crippen LogP contribution is 2.29. The molecule has 7 heteroatoms. The van der Waals surface area contributed by atoms with Crippen molar-refractivity contribution in [3.8, 4) is 0 Å². The third-order valence-corrected chi connectivity index (χ3v) is 4.41. The molecule has 0 radical (unpaired) electrons. The molecule has 0 aliphatic carbocycles. The molecule has 0 aromatic heterocycles. The summed E-state index contributed by atoms with van der Waals surface area (Å²) in [5.74, 6) is -1.94. The molecule has 140 valence electrons. The van der Waals surface area contributed by atoms with Gasteiger partial charge in [-0.05, 0) is 54.3 Å². The van der Waals surface area contributed by atoms with E-state index in [1.54, 1.807) is 23.1 Å². The maximum atomic E-state index is 12.9. The number of hydrogen-bond acceptors (Lipinski definition) is 3. The zero-order valence-electron chi connectivity index (χ0n) is 14.9. The van der Waals surface area contributed by atoms with E-state index in [2.05, 4.69) is 10.6 Å². The Balaban J connectivity index is 1.61. The highest BCUT2D eigenvalue weighted by molar-refractivity contribution is 6.39. The summed E-state index contributed by atoms with van der Waals surface area (Å²) in [4.78, 5) is 37.5. The number of aryl methyl sites for hydroxylation is 1. The molecule has 2 N–H and O–H groups in total. The van der Waals surface area contributed by atoms with E-state index in [4.69, 9.17) is 0 Å². The van der Waals surface area contributed by atoms with Crippen LogP contribution in [0.25, 0.3) is 0 Å². The van der Waals surface area contributed by atoms with Gasteiger partial charge in [0.15, 0.2) is 0 Å². The molecular formula is C20H20FN3O3. The Bertz CT molecular complexity index is 881. The minimum absolute atomic E-state index is 0.0205. The fourth-order valence-electron chi connectivity index (χ4n) is 3.05. The summed E-state index contributed by atoms with van der Waals surface area (Å²) in [6.45, 7) is 2.33. The fourth-order valence-corrected chi connectivity index (χ4v) is 3.05. The molecule has 3 amide bonds. The lowest BCUT2D eigenvalue weighted by Gasteiger charge is -2.28. The summed E-state index contributed by atoms with van der Waals surface area (Å²) in [7, 11) is 0. The SMILES string of the molecule is CC(=O)N1CCCc2cc(NC(=O)C(=O)NCc3ccc(F)cc3)ccc21. The van der Waals surface area contributed by atoms with Gasteiger partial charge in [-0.25, -0.2) is 4.39 Å². The van der Waals surface area contributed by atoms with Crippen LogP contribution >= 0.6 is 0 Å². The number of halogens is 1. The van der Waals surface area contributed by atoms with Gasteiger partial charge in [0.25, 0.3) is 0 Å². The number of nitrogens with one attached hydrogen (secondary N) is 2. The number of carbonyl (C=O) groups excluding carboxylic acids is 3. The molecule has 1 aliphatic heterocycles. The number of benzene rings is 2. The van der Waals surface area contributed by atoms with Gasteiger partial charge in [0, 0.05) is 31.4 Å². The second-order valence-corrected chi connectivity index (χ2v) is 6.38. The van der Waals surface area contributed by atoms with Crippen molar-refractivity contribution in [2.45, 2.75) is 26.3 Å². The van der Waals surface area contributed by atoms with Gasteiger partial charge >= 0.3 is 11.8 Å². The van der Waals surface area contributed by atoms with Gasteiger partial charge in [-0.3, -0.25) is 14.4 Å². The second kappa shape index (κ2) is 7.99. The maximum absolute atomic E-state index is 12.9. The van der Waals surface area contributed by atoms with E-state index in [1.165, 1.54) is 31.2 Å². The lowest BCUT2D eigenvalue weighted by molar-refractivity contribution is -0.136. The zero-order valence-corrected chi connectivity index (χ0v) is 14.9. The van der Waals surface area contributed by atoms with E-state index < -0.39 is 11.8 Å². The van der Waals surface area contributed by atoms with Gasteiger partial charge in [0.1, 0.15) is 5.82 Å². The highest BCUT2D eigenvalue weighted by Gasteiger charge is 2.21. The molecule has 27 heavy (non-hydrogen) atoms. The van der Waals surface area contributed by atoms with Gasteiger partial charge in [0.05, 0.1) is 0 Å². The van der Waals surface area contributed by atoms with Crippen LogP contribution in [0, 0.1) is 5.82 Å². The first-order valence-corrected chi connectivity index (χ1v) is 8.68. The van der Waals surface area contributed by atoms with Crippen molar-refractivity contribution in [1.29, 1.82) is 0 Å². The number of fused-ring (bicyclic) bond motifs is 1. The molecule has 0 atom stereocenters. The van der Waals surface area contributed by atoms with Crippen LogP contribution in [-0.2, 0) is 27.3 Å². The minimum Gasteiger partial charge on any atom is -0.344 e. The third kappa shape index (κ3) is 4.49. The quantitative estimate of drug-likeness (QED) is 0.816. The average molecular weight is 369 g/mol. The van der Waals surface area contributed by atoms with Gasteiger partial charge in [-0.15, -0.1) is 0 Å². The standard InChI is InChI=1S/C20H20FN3O3/c1-13(25)24-10-2-3-15-11-17(8-9-18(15)24)23-20(27)19(26)22-12-14-4-6-16(21)7-5-14/h4-9,11H,2-3,10,12H2,1H3,(H,22,26)(H,23,27). The first-order valence-electron chi connectivity index (χ1n) is 8.68. The molecule has 2 aromatic carbocycles. The lowest BCUT2D eigenvalue weighted by atomic mass is 10.0. The molecule has 2 aromatic rings. The van der Waals surface area contributed by atoms with Gasteiger partial charge in [0.2, 0.25) is 5.91 Å². The molecule has 1 heterocycles. The molecule has 0 spiro atoms. The fraction of sp³-hybridized carbons (Fsp3) is 0.250. The van der Waals surface area contributed by atoms with Crippen molar-refractivity contribution in [1.82, 2.24) is 5.32 Å². The van der Waals surface area contributed by atoms with Crippen LogP contribution < -0.4 is 15.5 Å². The predicted molar refractivity (Wildman–Crippen MR) is 99.7 cm³/mol. The van der Waals surface area contributed by atoms with E-state index >= 15 is 0 Å². The number of nitrogens with zero attached hydrogens (tertiary/aromatic N) is 1. The number of hydrogen-bond donors (Lipinski definition) is 2. The summed E-state index contributed by atoms with van der Waals surface area (Å²) < 4.78 is 12.9. The third-order valence-electron chi connectivity index (χ3n) is 4.41. The van der Waals surface area contributed by atoms with Gasteiger partial charge < -0.3 is 15.5 Å². The van der Waals surface area contributed by atoms with E-state index in [0.29, 0.717) is 17.8 Å². The molecule has 3 rings (SSSR count). The molecular weight excluding hydrogens is 349 g/mol. The number of anilines is 2. The van der Waals surface area contributed by atoms with Crippen LogP contribution in [0.1, 0.15) is 24.5 Å². The Labute approximate surface area is 156 Å². The average Bonchev–Trinajstić information content (AvgIpc) is 2.66. The monoisotopic (exact) mass is 369 g/mol. The topological polar surface area (TPSA) is 78.5 Å². The Hall–Kier alpha value is -3.22. The van der Waals surface area contributed by atoms with Crippen molar-refractivity contribution in [3.63, 3.8) is 0 Å². The van der Waals surface area contributed by atoms with Crippen molar-refractivity contribution < 1.29 is 18.8 Å². The van der Waals surface area contributed by atoms with Crippen molar-refractivity contribution in [2.24, 2.45) is 0 Å². The molecule has 0 bridgehead atoms. The van der Waals surface area contributed by atoms with E-state index in [-0.39, 0.29) is 18.3 Å². The van der Waals surface area contributed by atoms with Gasteiger partial charge in [-0.1, -0.05) is 12.1 Å². The summed E-state index contributed by atoms with van der Waals surface area (Å²) in [6.07, 6.45) is 1.65. The Morgan fingerprint density at radius 1 is 1.07 bits per heavy atom. The van der Waals surface area contributed by atoms with Gasteiger partial charge in [-0.2, -0.15) is 0 Å². The zero-order chi connectivity index (χ0) is 19.4. The first kappa shape index (κ1) is 18.6.